The number of fused-ring (bicyclic) bond motifs is 5. The summed E-state index contributed by atoms with van der Waals surface area (Å²) in [4.78, 5) is 29.8. The molecule has 4 heterocycles. The van der Waals surface area contributed by atoms with Crippen molar-refractivity contribution in [1.82, 2.24) is 9.55 Å². The van der Waals surface area contributed by atoms with Crippen LogP contribution in [0.3, 0.4) is 0 Å². The number of benzene rings is 1. The normalized spacial score (nSPS) is 22.9. The molecule has 0 amide bonds. The van der Waals surface area contributed by atoms with Crippen LogP contribution in [-0.2, 0) is 21.7 Å². The van der Waals surface area contributed by atoms with Gasteiger partial charge in [-0.2, -0.15) is 0 Å². The van der Waals surface area contributed by atoms with Gasteiger partial charge in [0.15, 0.2) is 11.8 Å². The molecule has 0 spiro atoms. The lowest BCUT2D eigenvalue weighted by atomic mass is 9.86. The number of cyclic esters (lactones) is 1. The average molecular weight is 364 g/mol. The van der Waals surface area contributed by atoms with E-state index < -0.39 is 23.4 Å². The molecular weight excluding hydrogens is 348 g/mol. The summed E-state index contributed by atoms with van der Waals surface area (Å²) in [6, 6.07) is 10.9. The van der Waals surface area contributed by atoms with Crippen molar-refractivity contribution in [1.29, 1.82) is 0 Å². The van der Waals surface area contributed by atoms with E-state index in [0.29, 0.717) is 17.0 Å². The fourth-order valence-corrected chi connectivity index (χ4v) is 3.97. The molecule has 2 aromatic heterocycles. The van der Waals surface area contributed by atoms with E-state index in [1.165, 1.54) is 4.57 Å². The second kappa shape index (κ2) is 5.25. The summed E-state index contributed by atoms with van der Waals surface area (Å²) in [5.74, 6) is -0.771. The zero-order chi connectivity index (χ0) is 18.9. The molecule has 2 N–H and O–H groups in total. The molecule has 1 aromatic carbocycles. The molecule has 0 bridgehead atoms. The van der Waals surface area contributed by atoms with Crippen molar-refractivity contribution in [3.8, 4) is 11.4 Å². The molecule has 0 unspecified atom stereocenters. The van der Waals surface area contributed by atoms with E-state index >= 15 is 0 Å². The Labute approximate surface area is 153 Å². The Kier molecular flexibility index (Phi) is 3.14. The first-order valence-corrected chi connectivity index (χ1v) is 8.72. The van der Waals surface area contributed by atoms with E-state index in [9.17, 15) is 19.8 Å². The number of carbonyl (C=O) groups excluding carboxylic acids is 1. The number of hydrogen-bond acceptors (Lipinski definition) is 6. The van der Waals surface area contributed by atoms with Crippen LogP contribution in [0.2, 0.25) is 0 Å². The van der Waals surface area contributed by atoms with Crippen LogP contribution in [-0.4, -0.2) is 25.7 Å². The molecule has 2 atom stereocenters. The Morgan fingerprint density at radius 3 is 2.85 bits per heavy atom. The van der Waals surface area contributed by atoms with Gasteiger partial charge in [-0.15, -0.1) is 0 Å². The predicted molar refractivity (Wildman–Crippen MR) is 95.8 cm³/mol. The number of aliphatic hydroxyl groups excluding tert-OH is 1. The maximum Gasteiger partial charge on any atom is 0.343 e. The number of pyridine rings is 2. The van der Waals surface area contributed by atoms with E-state index in [0.717, 1.165) is 10.9 Å². The number of ether oxygens (including phenoxy) is 1. The molecule has 0 radical (unpaired) electrons. The van der Waals surface area contributed by atoms with Crippen LogP contribution in [0, 0.1) is 0 Å². The quantitative estimate of drug-likeness (QED) is 0.636. The predicted octanol–water partition coefficient (Wildman–Crippen LogP) is 1.57. The lowest BCUT2D eigenvalue weighted by Gasteiger charge is -2.31. The summed E-state index contributed by atoms with van der Waals surface area (Å²) in [6.07, 6.45) is -1.11. The number of rotatable bonds is 1. The summed E-state index contributed by atoms with van der Waals surface area (Å²) in [5, 5.41) is 22.5. The first kappa shape index (κ1) is 16.2. The van der Waals surface area contributed by atoms with Gasteiger partial charge in [0.25, 0.3) is 5.56 Å². The van der Waals surface area contributed by atoms with E-state index in [-0.39, 0.29) is 24.2 Å². The third-order valence-electron chi connectivity index (χ3n) is 5.50. The number of esters is 1. The molecule has 7 nitrogen and oxygen atoms in total. The molecule has 5 rings (SSSR count). The summed E-state index contributed by atoms with van der Waals surface area (Å²) in [7, 11) is 0. The minimum atomic E-state index is -1.88. The highest BCUT2D eigenvalue weighted by Crippen LogP contribution is 2.41. The molecule has 0 saturated carbocycles. The van der Waals surface area contributed by atoms with Crippen molar-refractivity contribution >= 4 is 16.9 Å². The first-order chi connectivity index (χ1) is 13.0. The van der Waals surface area contributed by atoms with Gasteiger partial charge in [0, 0.05) is 16.5 Å². The van der Waals surface area contributed by atoms with Crippen molar-refractivity contribution in [2.24, 2.45) is 0 Å². The molecule has 3 aromatic rings. The summed E-state index contributed by atoms with van der Waals surface area (Å²) < 4.78 is 6.27. The minimum Gasteiger partial charge on any atom is -0.458 e. The number of aliphatic hydroxyl groups is 2. The lowest BCUT2D eigenvalue weighted by Crippen LogP contribution is -2.44. The standard InChI is InChI=1S/C20H16N2O5/c1-2-20(26)13-8-15-16-11(7-10-5-3-4-6-14(10)21-16)17(23)22(15)18(24)12(13)9-27-19(20)25/h3-8,17,23,26H,2,9H2,1H3/t17-,20-/m0/s1. The Morgan fingerprint density at radius 1 is 1.30 bits per heavy atom. The Balaban J connectivity index is 1.85. The van der Waals surface area contributed by atoms with Gasteiger partial charge in [-0.25, -0.2) is 9.78 Å². The van der Waals surface area contributed by atoms with Crippen molar-refractivity contribution in [2.75, 3.05) is 0 Å². The first-order valence-electron chi connectivity index (χ1n) is 8.72. The monoisotopic (exact) mass is 364 g/mol. The van der Waals surface area contributed by atoms with Crippen LogP contribution in [0.15, 0.2) is 41.2 Å². The van der Waals surface area contributed by atoms with E-state index in [2.05, 4.69) is 4.98 Å². The molecule has 0 saturated heterocycles. The second-order valence-electron chi connectivity index (χ2n) is 6.88. The summed E-state index contributed by atoms with van der Waals surface area (Å²) >= 11 is 0. The highest BCUT2D eigenvalue weighted by molar-refractivity contribution is 5.86. The van der Waals surface area contributed by atoms with Crippen LogP contribution >= 0.6 is 0 Å². The SMILES string of the molecule is CC[C@@]1(O)C(=O)OCc2c1cc1n(c2=O)[C@@H](O)c2cc3ccccc3nc2-1. The van der Waals surface area contributed by atoms with E-state index in [4.69, 9.17) is 4.74 Å². The molecule has 2 aliphatic heterocycles. The largest absolute Gasteiger partial charge is 0.458 e. The average Bonchev–Trinajstić information content (AvgIpc) is 2.95. The third kappa shape index (κ3) is 1.95. The molecule has 7 heteroatoms. The fourth-order valence-electron chi connectivity index (χ4n) is 3.97. The molecular formula is C20H16N2O5. The van der Waals surface area contributed by atoms with Gasteiger partial charge in [-0.05, 0) is 24.6 Å². The van der Waals surface area contributed by atoms with Crippen LogP contribution in [0.25, 0.3) is 22.3 Å². The molecule has 2 aliphatic rings. The topological polar surface area (TPSA) is 102 Å². The van der Waals surface area contributed by atoms with Crippen molar-refractivity contribution < 1.29 is 19.7 Å². The van der Waals surface area contributed by atoms with Crippen LogP contribution in [0.4, 0.5) is 0 Å². The Hall–Kier alpha value is -3.03. The summed E-state index contributed by atoms with van der Waals surface area (Å²) in [5.41, 5.74) is 0.134. The van der Waals surface area contributed by atoms with Gasteiger partial charge in [0.05, 0.1) is 22.5 Å². The van der Waals surface area contributed by atoms with Crippen LogP contribution in [0.1, 0.15) is 36.3 Å². The van der Waals surface area contributed by atoms with Crippen LogP contribution < -0.4 is 5.56 Å². The van der Waals surface area contributed by atoms with Gasteiger partial charge < -0.3 is 14.9 Å². The minimum absolute atomic E-state index is 0.0717. The maximum absolute atomic E-state index is 13.1. The third-order valence-corrected chi connectivity index (χ3v) is 5.50. The number of nitrogens with zero attached hydrogens (tertiary/aromatic N) is 2. The Bertz CT molecular complexity index is 1200. The molecule has 0 aliphatic carbocycles. The van der Waals surface area contributed by atoms with Gasteiger partial charge in [0.2, 0.25) is 0 Å². The number of aromatic nitrogens is 2. The zero-order valence-corrected chi connectivity index (χ0v) is 14.5. The van der Waals surface area contributed by atoms with E-state index in [1.54, 1.807) is 19.1 Å². The van der Waals surface area contributed by atoms with Crippen molar-refractivity contribution in [3.63, 3.8) is 0 Å². The summed E-state index contributed by atoms with van der Waals surface area (Å²) in [6.45, 7) is 1.42. The lowest BCUT2D eigenvalue weighted by molar-refractivity contribution is -0.172. The van der Waals surface area contributed by atoms with Gasteiger partial charge in [0.1, 0.15) is 6.61 Å². The van der Waals surface area contributed by atoms with Gasteiger partial charge in [-0.1, -0.05) is 25.1 Å². The number of carbonyl (C=O) groups is 1. The van der Waals surface area contributed by atoms with Gasteiger partial charge in [-0.3, -0.25) is 9.36 Å². The van der Waals surface area contributed by atoms with Crippen LogP contribution in [0.5, 0.6) is 0 Å². The fraction of sp³-hybridized carbons (Fsp3) is 0.250. The number of hydrogen-bond donors (Lipinski definition) is 2. The highest BCUT2D eigenvalue weighted by Gasteiger charge is 2.46. The zero-order valence-electron chi connectivity index (χ0n) is 14.5. The smallest absolute Gasteiger partial charge is 0.343 e. The second-order valence-corrected chi connectivity index (χ2v) is 6.88. The highest BCUT2D eigenvalue weighted by atomic mass is 16.6. The molecule has 136 valence electrons. The number of para-hydroxylation sites is 1. The van der Waals surface area contributed by atoms with Crippen molar-refractivity contribution in [3.05, 3.63) is 63.4 Å². The van der Waals surface area contributed by atoms with Gasteiger partial charge >= 0.3 is 5.97 Å². The maximum atomic E-state index is 13.1. The van der Waals surface area contributed by atoms with E-state index in [1.807, 2.05) is 24.3 Å². The molecule has 0 fully saturated rings. The molecule has 27 heavy (non-hydrogen) atoms. The Morgan fingerprint density at radius 2 is 2.07 bits per heavy atom. The van der Waals surface area contributed by atoms with Crippen molar-refractivity contribution in [2.45, 2.75) is 31.8 Å².